The predicted molar refractivity (Wildman–Crippen MR) is 96.4 cm³/mol. The molecule has 0 saturated heterocycles. The summed E-state index contributed by atoms with van der Waals surface area (Å²) in [5.74, 6) is 0.834. The molecule has 0 amide bonds. The van der Waals surface area contributed by atoms with Crippen LogP contribution in [0.2, 0.25) is 0 Å². The van der Waals surface area contributed by atoms with E-state index in [-0.39, 0.29) is 30.0 Å². The summed E-state index contributed by atoms with van der Waals surface area (Å²) in [7, 11) is 1.70. The zero-order valence-corrected chi connectivity index (χ0v) is 15.7. The van der Waals surface area contributed by atoms with E-state index in [0.717, 1.165) is 30.5 Å². The van der Waals surface area contributed by atoms with Crippen LogP contribution in [0.25, 0.3) is 0 Å². The van der Waals surface area contributed by atoms with Crippen molar-refractivity contribution in [2.24, 2.45) is 4.99 Å². The second-order valence-corrected chi connectivity index (χ2v) is 5.70. The number of ether oxygens (including phenoxy) is 1. The third-order valence-electron chi connectivity index (χ3n) is 2.41. The highest BCUT2D eigenvalue weighted by molar-refractivity contribution is 14.0. The quantitative estimate of drug-likeness (QED) is 0.410. The molecule has 0 aromatic carbocycles. The normalized spacial score (nSPS) is 12.7. The van der Waals surface area contributed by atoms with Crippen LogP contribution < -0.4 is 10.6 Å². The first kappa shape index (κ1) is 19.6. The fourth-order valence-corrected chi connectivity index (χ4v) is 2.40. The van der Waals surface area contributed by atoms with Gasteiger partial charge in [0, 0.05) is 43.7 Å². The number of aryl methyl sites for hydroxylation is 1. The summed E-state index contributed by atoms with van der Waals surface area (Å²) in [4.78, 5) is 10.1. The molecule has 116 valence electrons. The maximum atomic E-state index is 5.11. The molecule has 0 aliphatic rings. The lowest BCUT2D eigenvalue weighted by molar-refractivity contribution is 0.179. The lowest BCUT2D eigenvalue weighted by atomic mass is 10.4. The number of halogens is 1. The molecule has 1 atom stereocenters. The van der Waals surface area contributed by atoms with Gasteiger partial charge in [0.1, 0.15) is 0 Å². The standard InChI is InChI=1S/C13H24N4OS.HI/c1-5-14-13(17-10(2)9-18-4)15-7-6-12-16-8-11(3)19-12;/h8,10H,5-7,9H2,1-4H3,(H2,14,15,17);1H. The fraction of sp³-hybridized carbons (Fsp3) is 0.692. The van der Waals surface area contributed by atoms with Crippen molar-refractivity contribution in [2.45, 2.75) is 33.2 Å². The van der Waals surface area contributed by atoms with Crippen LogP contribution in [0.3, 0.4) is 0 Å². The molecular formula is C13H25IN4OS. The number of guanidine groups is 1. The molecule has 2 N–H and O–H groups in total. The van der Waals surface area contributed by atoms with Crippen LogP contribution in [0.1, 0.15) is 23.7 Å². The molecule has 0 aliphatic heterocycles. The van der Waals surface area contributed by atoms with Crippen LogP contribution in [0, 0.1) is 6.92 Å². The Kier molecular flexibility index (Phi) is 11.0. The predicted octanol–water partition coefficient (Wildman–Crippen LogP) is 2.20. The number of aliphatic imine (C=N–C) groups is 1. The number of rotatable bonds is 7. The van der Waals surface area contributed by atoms with Crippen LogP contribution in [-0.4, -0.2) is 43.8 Å². The molecular weight excluding hydrogens is 387 g/mol. The summed E-state index contributed by atoms with van der Waals surface area (Å²) >= 11 is 1.73. The lowest BCUT2D eigenvalue weighted by Crippen LogP contribution is -2.44. The first-order valence-corrected chi connectivity index (χ1v) is 7.42. The molecule has 1 aromatic heterocycles. The van der Waals surface area contributed by atoms with Crippen LogP contribution >= 0.6 is 35.3 Å². The van der Waals surface area contributed by atoms with Gasteiger partial charge in [-0.2, -0.15) is 0 Å². The van der Waals surface area contributed by atoms with Gasteiger partial charge in [0.2, 0.25) is 0 Å². The fourth-order valence-electron chi connectivity index (χ4n) is 1.63. The van der Waals surface area contributed by atoms with E-state index in [0.29, 0.717) is 6.61 Å². The molecule has 7 heteroatoms. The highest BCUT2D eigenvalue weighted by Gasteiger charge is 2.04. The molecule has 0 radical (unpaired) electrons. The summed E-state index contributed by atoms with van der Waals surface area (Å²) in [6, 6.07) is 0.241. The van der Waals surface area contributed by atoms with E-state index in [1.807, 2.05) is 6.20 Å². The van der Waals surface area contributed by atoms with Gasteiger partial charge in [-0.05, 0) is 20.8 Å². The molecule has 0 aliphatic carbocycles. The van der Waals surface area contributed by atoms with Crippen molar-refractivity contribution in [2.75, 3.05) is 26.8 Å². The summed E-state index contributed by atoms with van der Waals surface area (Å²) in [5.41, 5.74) is 0. The van der Waals surface area contributed by atoms with Gasteiger partial charge in [-0.3, -0.25) is 4.99 Å². The topological polar surface area (TPSA) is 58.5 Å². The van der Waals surface area contributed by atoms with Crippen LogP contribution in [0.4, 0.5) is 0 Å². The number of thiazole rings is 1. The van der Waals surface area contributed by atoms with Crippen molar-refractivity contribution < 1.29 is 4.74 Å². The van der Waals surface area contributed by atoms with Crippen molar-refractivity contribution >= 4 is 41.3 Å². The van der Waals surface area contributed by atoms with E-state index >= 15 is 0 Å². The van der Waals surface area contributed by atoms with E-state index in [4.69, 9.17) is 4.74 Å². The Labute approximate surface area is 142 Å². The maximum Gasteiger partial charge on any atom is 0.191 e. The smallest absolute Gasteiger partial charge is 0.191 e. The van der Waals surface area contributed by atoms with Gasteiger partial charge in [0.05, 0.1) is 11.6 Å². The summed E-state index contributed by atoms with van der Waals surface area (Å²) in [5, 5.41) is 7.68. The first-order chi connectivity index (χ1) is 9.15. The molecule has 1 aromatic rings. The Bertz CT molecular complexity index is 397. The van der Waals surface area contributed by atoms with Crippen molar-refractivity contribution in [3.63, 3.8) is 0 Å². The second-order valence-electron chi connectivity index (χ2n) is 4.38. The Hall–Kier alpha value is -0.410. The SMILES string of the molecule is CCNC(=NCCc1ncc(C)s1)NC(C)COC.I. The minimum atomic E-state index is 0. The molecule has 20 heavy (non-hydrogen) atoms. The minimum absolute atomic E-state index is 0. The molecule has 0 fully saturated rings. The molecule has 0 bridgehead atoms. The number of aromatic nitrogens is 1. The zero-order chi connectivity index (χ0) is 14.1. The molecule has 5 nitrogen and oxygen atoms in total. The number of nitrogens with zero attached hydrogens (tertiary/aromatic N) is 2. The van der Waals surface area contributed by atoms with Crippen LogP contribution in [0.5, 0.6) is 0 Å². The third kappa shape index (κ3) is 8.01. The molecule has 0 spiro atoms. The minimum Gasteiger partial charge on any atom is -0.383 e. The maximum absolute atomic E-state index is 5.11. The zero-order valence-electron chi connectivity index (χ0n) is 12.6. The van der Waals surface area contributed by atoms with Crippen molar-refractivity contribution in [3.8, 4) is 0 Å². The largest absolute Gasteiger partial charge is 0.383 e. The summed E-state index contributed by atoms with van der Waals surface area (Å²) < 4.78 is 5.11. The van der Waals surface area contributed by atoms with Gasteiger partial charge >= 0.3 is 0 Å². The molecule has 0 saturated carbocycles. The number of hydrogen-bond acceptors (Lipinski definition) is 4. The van der Waals surface area contributed by atoms with Crippen molar-refractivity contribution in [1.82, 2.24) is 15.6 Å². The van der Waals surface area contributed by atoms with Gasteiger partial charge in [-0.25, -0.2) is 4.98 Å². The van der Waals surface area contributed by atoms with E-state index < -0.39 is 0 Å². The van der Waals surface area contributed by atoms with Gasteiger partial charge in [-0.1, -0.05) is 0 Å². The Morgan fingerprint density at radius 1 is 1.55 bits per heavy atom. The lowest BCUT2D eigenvalue weighted by Gasteiger charge is -2.16. The Balaban J connectivity index is 0.00000361. The van der Waals surface area contributed by atoms with Crippen LogP contribution in [0.15, 0.2) is 11.2 Å². The number of methoxy groups -OCH3 is 1. The van der Waals surface area contributed by atoms with E-state index in [1.54, 1.807) is 18.4 Å². The number of hydrogen-bond donors (Lipinski definition) is 2. The summed E-state index contributed by atoms with van der Waals surface area (Å²) in [6.07, 6.45) is 2.79. The van der Waals surface area contributed by atoms with Crippen LogP contribution in [-0.2, 0) is 11.2 Å². The van der Waals surface area contributed by atoms with E-state index in [9.17, 15) is 0 Å². The molecule has 1 rings (SSSR count). The van der Waals surface area contributed by atoms with Crippen molar-refractivity contribution in [3.05, 3.63) is 16.1 Å². The Morgan fingerprint density at radius 3 is 2.85 bits per heavy atom. The average Bonchev–Trinajstić information content (AvgIpc) is 2.75. The number of nitrogens with one attached hydrogen (secondary N) is 2. The third-order valence-corrected chi connectivity index (χ3v) is 3.38. The second kappa shape index (κ2) is 11.3. The van der Waals surface area contributed by atoms with Gasteiger partial charge < -0.3 is 15.4 Å². The summed E-state index contributed by atoms with van der Waals surface area (Å²) in [6.45, 7) is 8.45. The Morgan fingerprint density at radius 2 is 2.30 bits per heavy atom. The molecule has 1 heterocycles. The van der Waals surface area contributed by atoms with Gasteiger partial charge in [-0.15, -0.1) is 35.3 Å². The van der Waals surface area contributed by atoms with E-state index in [1.165, 1.54) is 4.88 Å². The van der Waals surface area contributed by atoms with E-state index in [2.05, 4.69) is 41.4 Å². The monoisotopic (exact) mass is 412 g/mol. The molecule has 1 unspecified atom stereocenters. The van der Waals surface area contributed by atoms with Gasteiger partial charge in [0.15, 0.2) is 5.96 Å². The highest BCUT2D eigenvalue weighted by Crippen LogP contribution is 2.11. The first-order valence-electron chi connectivity index (χ1n) is 6.60. The highest BCUT2D eigenvalue weighted by atomic mass is 127. The van der Waals surface area contributed by atoms with Crippen molar-refractivity contribution in [1.29, 1.82) is 0 Å². The van der Waals surface area contributed by atoms with Gasteiger partial charge in [0.25, 0.3) is 0 Å². The average molecular weight is 412 g/mol.